The smallest absolute Gasteiger partial charge is 0.259 e. The van der Waals surface area contributed by atoms with E-state index in [9.17, 15) is 9.59 Å². The molecule has 2 aliphatic heterocycles. The molecule has 3 heterocycles. The van der Waals surface area contributed by atoms with Gasteiger partial charge in [-0.15, -0.1) is 0 Å². The molecule has 3 aromatic rings. The van der Waals surface area contributed by atoms with Crippen molar-refractivity contribution in [3.05, 3.63) is 57.9 Å². The van der Waals surface area contributed by atoms with Crippen LogP contribution in [0.1, 0.15) is 22.3 Å². The van der Waals surface area contributed by atoms with Crippen LogP contribution in [0.15, 0.2) is 41.2 Å². The second-order valence-corrected chi connectivity index (χ2v) is 8.90. The lowest BCUT2D eigenvalue weighted by atomic mass is 9.91. The van der Waals surface area contributed by atoms with Crippen molar-refractivity contribution in [2.75, 3.05) is 53.6 Å². The van der Waals surface area contributed by atoms with Crippen molar-refractivity contribution in [3.63, 3.8) is 0 Å². The molecule has 1 saturated heterocycles. The van der Waals surface area contributed by atoms with Crippen molar-refractivity contribution in [2.24, 2.45) is 0 Å². The van der Waals surface area contributed by atoms with E-state index in [1.807, 2.05) is 18.2 Å². The van der Waals surface area contributed by atoms with Crippen LogP contribution < -0.4 is 20.3 Å². The average Bonchev–Trinajstić information content (AvgIpc) is 2.91. The van der Waals surface area contributed by atoms with Crippen LogP contribution in [0.25, 0.3) is 22.0 Å². The number of nitrogens with zero attached hydrogens (tertiary/aromatic N) is 2. The van der Waals surface area contributed by atoms with Gasteiger partial charge in [-0.1, -0.05) is 24.3 Å². The molecule has 0 bridgehead atoms. The van der Waals surface area contributed by atoms with E-state index in [1.54, 1.807) is 23.8 Å². The minimum atomic E-state index is -0.190. The number of hydrogen-bond acceptors (Lipinski definition) is 6. The van der Waals surface area contributed by atoms with Crippen LogP contribution in [0, 0.1) is 0 Å². The number of benzene rings is 2. The zero-order valence-electron chi connectivity index (χ0n) is 20.3. The third-order valence-corrected chi connectivity index (χ3v) is 6.92. The van der Waals surface area contributed by atoms with Crippen molar-refractivity contribution in [1.82, 2.24) is 14.8 Å². The van der Waals surface area contributed by atoms with Crippen LogP contribution >= 0.6 is 0 Å². The van der Waals surface area contributed by atoms with Gasteiger partial charge in [-0.3, -0.25) is 14.5 Å². The van der Waals surface area contributed by atoms with Crippen LogP contribution in [0.5, 0.6) is 11.5 Å². The van der Waals surface area contributed by atoms with E-state index in [0.29, 0.717) is 46.6 Å². The lowest BCUT2D eigenvalue weighted by Gasteiger charge is -2.27. The summed E-state index contributed by atoms with van der Waals surface area (Å²) < 4.78 is 18.1. The molecule has 1 fully saturated rings. The van der Waals surface area contributed by atoms with Gasteiger partial charge in [-0.05, 0) is 37.1 Å². The summed E-state index contributed by atoms with van der Waals surface area (Å²) in [7, 11) is 3.09. The first-order chi connectivity index (χ1) is 17.1. The van der Waals surface area contributed by atoms with Crippen molar-refractivity contribution in [2.45, 2.75) is 19.4 Å². The molecule has 1 N–H and O–H groups in total. The van der Waals surface area contributed by atoms with Gasteiger partial charge in [0.25, 0.3) is 11.5 Å². The molecule has 2 aliphatic rings. The number of fused-ring (bicyclic) bond motifs is 4. The fraction of sp³-hybridized carbons (Fsp3) is 0.407. The number of aryl methyl sites for hydroxylation is 1. The summed E-state index contributed by atoms with van der Waals surface area (Å²) in [6.07, 6.45) is 1.58. The molecule has 0 aliphatic carbocycles. The quantitative estimate of drug-likeness (QED) is 0.527. The molecule has 0 spiro atoms. The summed E-state index contributed by atoms with van der Waals surface area (Å²) in [5.74, 6) is 0.755. The highest BCUT2D eigenvalue weighted by Gasteiger charge is 2.28. The summed E-state index contributed by atoms with van der Waals surface area (Å²) in [4.78, 5) is 29.7. The number of amides is 1. The van der Waals surface area contributed by atoms with E-state index in [2.05, 4.69) is 16.3 Å². The number of morpholine rings is 1. The number of methoxy groups -OCH3 is 2. The molecule has 1 aromatic heterocycles. The van der Waals surface area contributed by atoms with Crippen LogP contribution in [0.3, 0.4) is 0 Å². The maximum absolute atomic E-state index is 13.7. The first kappa shape index (κ1) is 23.4. The molecule has 2 aromatic carbocycles. The Morgan fingerprint density at radius 1 is 1.03 bits per heavy atom. The molecular weight excluding hydrogens is 446 g/mol. The highest BCUT2D eigenvalue weighted by atomic mass is 16.5. The van der Waals surface area contributed by atoms with Crippen LogP contribution in [-0.4, -0.2) is 69.0 Å². The van der Waals surface area contributed by atoms with Crippen LogP contribution in [-0.2, 0) is 17.7 Å². The van der Waals surface area contributed by atoms with Gasteiger partial charge in [0, 0.05) is 37.1 Å². The summed E-state index contributed by atoms with van der Waals surface area (Å²) >= 11 is 0. The lowest BCUT2D eigenvalue weighted by Crippen LogP contribution is -2.38. The maximum atomic E-state index is 13.7. The van der Waals surface area contributed by atoms with Crippen molar-refractivity contribution in [1.29, 1.82) is 0 Å². The normalized spacial score (nSPS) is 15.4. The first-order valence-corrected chi connectivity index (χ1v) is 12.1. The summed E-state index contributed by atoms with van der Waals surface area (Å²) in [6, 6.07) is 11.4. The molecule has 184 valence electrons. The van der Waals surface area contributed by atoms with Crippen LogP contribution in [0.4, 0.5) is 0 Å². The highest BCUT2D eigenvalue weighted by Crippen LogP contribution is 2.38. The third kappa shape index (κ3) is 4.39. The summed E-state index contributed by atoms with van der Waals surface area (Å²) in [5, 5.41) is 4.13. The molecule has 0 unspecified atom stereocenters. The van der Waals surface area contributed by atoms with E-state index in [1.165, 1.54) is 7.11 Å². The summed E-state index contributed by atoms with van der Waals surface area (Å²) in [6.45, 7) is 5.34. The Morgan fingerprint density at radius 2 is 1.74 bits per heavy atom. The Bertz CT molecular complexity index is 1310. The molecule has 35 heavy (non-hydrogen) atoms. The van der Waals surface area contributed by atoms with Gasteiger partial charge < -0.3 is 24.1 Å². The molecule has 1 amide bonds. The van der Waals surface area contributed by atoms with Crippen molar-refractivity contribution < 1.29 is 19.0 Å². The average molecular weight is 478 g/mol. The number of ether oxygens (including phenoxy) is 3. The van der Waals surface area contributed by atoms with Gasteiger partial charge in [0.2, 0.25) is 0 Å². The molecular formula is C27H31N3O5. The summed E-state index contributed by atoms with van der Waals surface area (Å²) in [5.41, 5.74) is 3.09. The number of pyridine rings is 1. The molecule has 8 nitrogen and oxygen atoms in total. The standard InChI is InChI=1S/C27H31N3O5/c1-33-22-16-20-21(17-23(22)34-2)27(32)30-11-8-18-6-3-4-7-19(18)25(30)24(20)26(31)28-9-5-10-29-12-14-35-15-13-29/h3-4,6-7,16-17H,5,8-15H2,1-2H3,(H,28,31). The fourth-order valence-electron chi connectivity index (χ4n) is 5.11. The Kier molecular flexibility index (Phi) is 6.74. The van der Waals surface area contributed by atoms with Crippen molar-refractivity contribution in [3.8, 4) is 22.8 Å². The SMILES string of the molecule is COc1cc2c(C(=O)NCCCN3CCOCC3)c3n(c(=O)c2cc1OC)CCc1ccccc1-3. The first-order valence-electron chi connectivity index (χ1n) is 12.1. The fourth-order valence-corrected chi connectivity index (χ4v) is 5.11. The van der Waals surface area contributed by atoms with Gasteiger partial charge in [0.05, 0.1) is 44.1 Å². The van der Waals surface area contributed by atoms with E-state index in [0.717, 1.165) is 56.8 Å². The Hall–Kier alpha value is -3.36. The molecule has 5 rings (SSSR count). The predicted octanol–water partition coefficient (Wildman–Crippen LogP) is 2.69. The minimum absolute atomic E-state index is 0.130. The van der Waals surface area contributed by atoms with Gasteiger partial charge >= 0.3 is 0 Å². The number of carbonyl (C=O) groups excluding carboxylic acids is 1. The van der Waals surface area contributed by atoms with Crippen molar-refractivity contribution >= 4 is 16.7 Å². The molecule has 0 atom stereocenters. The Balaban J connectivity index is 1.57. The zero-order chi connectivity index (χ0) is 24.4. The number of carbonyl (C=O) groups is 1. The highest BCUT2D eigenvalue weighted by molar-refractivity contribution is 6.12. The number of hydrogen-bond donors (Lipinski definition) is 1. The molecule has 8 heteroatoms. The monoisotopic (exact) mass is 477 g/mol. The minimum Gasteiger partial charge on any atom is -0.493 e. The van der Waals surface area contributed by atoms with Gasteiger partial charge in [-0.25, -0.2) is 0 Å². The van der Waals surface area contributed by atoms with Gasteiger partial charge in [0.15, 0.2) is 11.5 Å². The Labute approximate surface area is 204 Å². The second kappa shape index (κ2) is 10.1. The lowest BCUT2D eigenvalue weighted by molar-refractivity contribution is 0.0374. The number of rotatable bonds is 7. The van der Waals surface area contributed by atoms with E-state index in [4.69, 9.17) is 14.2 Å². The predicted molar refractivity (Wildman–Crippen MR) is 135 cm³/mol. The largest absolute Gasteiger partial charge is 0.493 e. The van der Waals surface area contributed by atoms with E-state index < -0.39 is 0 Å². The molecule has 0 radical (unpaired) electrons. The number of nitrogens with one attached hydrogen (secondary N) is 1. The Morgan fingerprint density at radius 3 is 2.49 bits per heavy atom. The van der Waals surface area contributed by atoms with Crippen LogP contribution in [0.2, 0.25) is 0 Å². The van der Waals surface area contributed by atoms with Gasteiger partial charge in [0.1, 0.15) is 0 Å². The maximum Gasteiger partial charge on any atom is 0.259 e. The number of aromatic nitrogens is 1. The second-order valence-electron chi connectivity index (χ2n) is 8.90. The van der Waals surface area contributed by atoms with Gasteiger partial charge in [-0.2, -0.15) is 0 Å². The van der Waals surface area contributed by atoms with E-state index >= 15 is 0 Å². The van der Waals surface area contributed by atoms with E-state index in [-0.39, 0.29) is 11.5 Å². The topological polar surface area (TPSA) is 82.0 Å². The molecule has 0 saturated carbocycles. The third-order valence-electron chi connectivity index (χ3n) is 6.92. The zero-order valence-corrected chi connectivity index (χ0v) is 20.3.